The second kappa shape index (κ2) is 5.97. The predicted molar refractivity (Wildman–Crippen MR) is 61.2 cm³/mol. The summed E-state index contributed by atoms with van der Waals surface area (Å²) in [6.07, 6.45) is 3.33. The van der Waals surface area contributed by atoms with Gasteiger partial charge in [0, 0.05) is 19.6 Å². The van der Waals surface area contributed by atoms with Crippen LogP contribution in [0.15, 0.2) is 0 Å². The first kappa shape index (κ1) is 13.9. The highest BCUT2D eigenvalue weighted by Gasteiger charge is 2.41. The fourth-order valence-electron chi connectivity index (χ4n) is 2.27. The van der Waals surface area contributed by atoms with Crippen molar-refractivity contribution in [3.63, 3.8) is 0 Å². The third-order valence-corrected chi connectivity index (χ3v) is 3.45. The molecule has 0 aromatic carbocycles. The Hall–Kier alpha value is -1.14. The molecule has 6 nitrogen and oxygen atoms in total. The number of carbonyl (C=O) groups excluding carboxylic acids is 1. The monoisotopic (exact) mass is 244 g/mol. The van der Waals surface area contributed by atoms with E-state index >= 15 is 0 Å². The Balaban J connectivity index is 2.65. The van der Waals surface area contributed by atoms with Gasteiger partial charge in [0.15, 0.2) is 0 Å². The largest absolute Gasteiger partial charge is 0.480 e. The second-order valence-electron chi connectivity index (χ2n) is 4.57. The van der Waals surface area contributed by atoms with E-state index in [0.717, 1.165) is 12.8 Å². The van der Waals surface area contributed by atoms with Gasteiger partial charge in [-0.05, 0) is 12.8 Å². The van der Waals surface area contributed by atoms with Gasteiger partial charge in [-0.3, -0.25) is 4.79 Å². The maximum Gasteiger partial charge on any atom is 0.326 e. The minimum atomic E-state index is -1.13. The SMILES string of the molecule is NCC1(C(=O)NC(CCO)C(=O)O)CCCC1. The molecule has 0 heterocycles. The Labute approximate surface area is 100 Å². The van der Waals surface area contributed by atoms with Gasteiger partial charge in [0.05, 0.1) is 5.41 Å². The fraction of sp³-hybridized carbons (Fsp3) is 0.818. The van der Waals surface area contributed by atoms with E-state index < -0.39 is 17.4 Å². The third kappa shape index (κ3) is 3.17. The molecule has 0 spiro atoms. The van der Waals surface area contributed by atoms with Gasteiger partial charge in [-0.1, -0.05) is 12.8 Å². The average Bonchev–Trinajstić information content (AvgIpc) is 2.78. The zero-order valence-electron chi connectivity index (χ0n) is 9.82. The van der Waals surface area contributed by atoms with Crippen molar-refractivity contribution < 1.29 is 19.8 Å². The van der Waals surface area contributed by atoms with Crippen LogP contribution in [0.4, 0.5) is 0 Å². The summed E-state index contributed by atoms with van der Waals surface area (Å²) < 4.78 is 0. The minimum absolute atomic E-state index is 0.0156. The number of nitrogens with one attached hydrogen (secondary N) is 1. The molecule has 1 unspecified atom stereocenters. The molecule has 0 aliphatic heterocycles. The van der Waals surface area contributed by atoms with Gasteiger partial charge < -0.3 is 21.3 Å². The quantitative estimate of drug-likeness (QED) is 0.501. The molecule has 0 saturated heterocycles. The van der Waals surface area contributed by atoms with E-state index in [1.54, 1.807) is 0 Å². The fourth-order valence-corrected chi connectivity index (χ4v) is 2.27. The summed E-state index contributed by atoms with van der Waals surface area (Å²) in [6, 6.07) is -1.03. The number of hydrogen-bond acceptors (Lipinski definition) is 4. The van der Waals surface area contributed by atoms with E-state index in [9.17, 15) is 9.59 Å². The molecule has 6 heteroatoms. The topological polar surface area (TPSA) is 113 Å². The third-order valence-electron chi connectivity index (χ3n) is 3.45. The maximum absolute atomic E-state index is 12.1. The Morgan fingerprint density at radius 1 is 1.35 bits per heavy atom. The van der Waals surface area contributed by atoms with E-state index in [1.165, 1.54) is 0 Å². The van der Waals surface area contributed by atoms with Crippen molar-refractivity contribution in [3.05, 3.63) is 0 Å². The molecular weight excluding hydrogens is 224 g/mol. The number of rotatable bonds is 6. The lowest BCUT2D eigenvalue weighted by molar-refractivity contribution is -0.144. The molecule has 0 radical (unpaired) electrons. The highest BCUT2D eigenvalue weighted by molar-refractivity contribution is 5.87. The average molecular weight is 244 g/mol. The number of carboxylic acid groups (broad SMARTS) is 1. The van der Waals surface area contributed by atoms with Gasteiger partial charge in [-0.15, -0.1) is 0 Å². The summed E-state index contributed by atoms with van der Waals surface area (Å²) in [6.45, 7) is -0.0306. The molecular formula is C11H20N2O4. The normalized spacial score (nSPS) is 19.9. The second-order valence-corrected chi connectivity index (χ2v) is 4.57. The first-order valence-corrected chi connectivity index (χ1v) is 5.90. The van der Waals surface area contributed by atoms with Crippen LogP contribution in [0.25, 0.3) is 0 Å². The van der Waals surface area contributed by atoms with Crippen LogP contribution in [0.5, 0.6) is 0 Å². The number of carbonyl (C=O) groups is 2. The Morgan fingerprint density at radius 2 is 1.94 bits per heavy atom. The zero-order chi connectivity index (χ0) is 12.9. The first-order valence-electron chi connectivity index (χ1n) is 5.90. The summed E-state index contributed by atoms with van der Waals surface area (Å²) >= 11 is 0. The number of carboxylic acids is 1. The van der Waals surface area contributed by atoms with Crippen molar-refractivity contribution in [2.75, 3.05) is 13.2 Å². The van der Waals surface area contributed by atoms with Crippen molar-refractivity contribution >= 4 is 11.9 Å². The smallest absolute Gasteiger partial charge is 0.326 e. The van der Waals surface area contributed by atoms with Crippen molar-refractivity contribution in [2.24, 2.45) is 11.1 Å². The predicted octanol–water partition coefficient (Wildman–Crippen LogP) is -0.543. The van der Waals surface area contributed by atoms with E-state index in [-0.39, 0.29) is 25.5 Å². The number of nitrogens with two attached hydrogens (primary N) is 1. The molecule has 0 bridgehead atoms. The number of amides is 1. The molecule has 0 aromatic rings. The van der Waals surface area contributed by atoms with Crippen molar-refractivity contribution in [1.29, 1.82) is 0 Å². The Morgan fingerprint density at radius 3 is 2.35 bits per heavy atom. The van der Waals surface area contributed by atoms with Gasteiger partial charge >= 0.3 is 5.97 Å². The first-order chi connectivity index (χ1) is 8.05. The molecule has 17 heavy (non-hydrogen) atoms. The lowest BCUT2D eigenvalue weighted by atomic mass is 9.85. The van der Waals surface area contributed by atoms with E-state index in [4.69, 9.17) is 15.9 Å². The molecule has 1 rings (SSSR count). The van der Waals surface area contributed by atoms with Crippen LogP contribution in [0.3, 0.4) is 0 Å². The Kier molecular flexibility index (Phi) is 4.89. The number of aliphatic hydroxyl groups is 1. The maximum atomic E-state index is 12.1. The lowest BCUT2D eigenvalue weighted by Crippen LogP contribution is -2.50. The number of hydrogen-bond donors (Lipinski definition) is 4. The van der Waals surface area contributed by atoms with E-state index in [2.05, 4.69) is 5.32 Å². The highest BCUT2D eigenvalue weighted by Crippen LogP contribution is 2.37. The van der Waals surface area contributed by atoms with Gasteiger partial charge in [-0.25, -0.2) is 4.79 Å². The highest BCUT2D eigenvalue weighted by atomic mass is 16.4. The molecule has 1 aliphatic rings. The summed E-state index contributed by atoms with van der Waals surface area (Å²) in [5.41, 5.74) is 5.03. The standard InChI is InChI=1S/C11H20N2O4/c12-7-11(4-1-2-5-11)10(17)13-8(3-6-14)9(15)16/h8,14H,1-7,12H2,(H,13,17)(H,15,16). The van der Waals surface area contributed by atoms with Gasteiger partial charge in [0.1, 0.15) is 6.04 Å². The van der Waals surface area contributed by atoms with Crippen LogP contribution in [0.1, 0.15) is 32.1 Å². The van der Waals surface area contributed by atoms with Gasteiger partial charge in [0.25, 0.3) is 0 Å². The number of aliphatic carboxylic acids is 1. The van der Waals surface area contributed by atoms with Gasteiger partial charge in [-0.2, -0.15) is 0 Å². The molecule has 5 N–H and O–H groups in total. The Bertz CT molecular complexity index is 287. The lowest BCUT2D eigenvalue weighted by Gasteiger charge is -2.27. The van der Waals surface area contributed by atoms with Gasteiger partial charge in [0.2, 0.25) is 5.91 Å². The molecule has 1 aliphatic carbocycles. The zero-order valence-corrected chi connectivity index (χ0v) is 9.82. The van der Waals surface area contributed by atoms with E-state index in [1.807, 2.05) is 0 Å². The van der Waals surface area contributed by atoms with Crippen molar-refractivity contribution in [3.8, 4) is 0 Å². The van der Waals surface area contributed by atoms with Crippen molar-refractivity contribution in [1.82, 2.24) is 5.32 Å². The van der Waals surface area contributed by atoms with Crippen LogP contribution in [-0.4, -0.2) is 41.3 Å². The molecule has 98 valence electrons. The van der Waals surface area contributed by atoms with Crippen LogP contribution in [0, 0.1) is 5.41 Å². The molecule has 0 aromatic heterocycles. The molecule has 1 fully saturated rings. The van der Waals surface area contributed by atoms with Crippen LogP contribution >= 0.6 is 0 Å². The minimum Gasteiger partial charge on any atom is -0.480 e. The van der Waals surface area contributed by atoms with Crippen LogP contribution in [0.2, 0.25) is 0 Å². The molecule has 1 atom stereocenters. The number of aliphatic hydroxyl groups excluding tert-OH is 1. The van der Waals surface area contributed by atoms with Crippen LogP contribution < -0.4 is 11.1 Å². The van der Waals surface area contributed by atoms with Crippen molar-refractivity contribution in [2.45, 2.75) is 38.1 Å². The van der Waals surface area contributed by atoms with Crippen LogP contribution in [-0.2, 0) is 9.59 Å². The summed E-state index contributed by atoms with van der Waals surface area (Å²) in [5, 5.41) is 20.1. The molecule has 1 saturated carbocycles. The summed E-state index contributed by atoms with van der Waals surface area (Å²) in [4.78, 5) is 22.9. The summed E-state index contributed by atoms with van der Waals surface area (Å²) in [7, 11) is 0. The summed E-state index contributed by atoms with van der Waals surface area (Å²) in [5.74, 6) is -1.42. The molecule has 1 amide bonds. The van der Waals surface area contributed by atoms with E-state index in [0.29, 0.717) is 12.8 Å².